The van der Waals surface area contributed by atoms with Crippen LogP contribution >= 0.6 is 0 Å². The third kappa shape index (κ3) is 1.63. The van der Waals surface area contributed by atoms with Crippen LogP contribution in [0.3, 0.4) is 0 Å². The number of carbonyl (C=O) groups excluding carboxylic acids is 1. The Balaban J connectivity index is 1.98. The molecule has 0 fully saturated rings. The van der Waals surface area contributed by atoms with Crippen molar-refractivity contribution in [1.29, 1.82) is 0 Å². The van der Waals surface area contributed by atoms with E-state index in [4.69, 9.17) is 4.74 Å². The van der Waals surface area contributed by atoms with Crippen molar-refractivity contribution in [3.05, 3.63) is 54.6 Å². The number of hydrogen-bond donors (Lipinski definition) is 2. The number of carbonyl (C=O) groups is 1. The van der Waals surface area contributed by atoms with E-state index in [1.807, 2.05) is 30.3 Å². The highest BCUT2D eigenvalue weighted by Gasteiger charge is 2.12. The fraction of sp³-hybridized carbons (Fsp3) is 0. The average Bonchev–Trinajstić information content (AvgIpc) is 3.10. The predicted octanol–water partition coefficient (Wildman–Crippen LogP) is 4.49. The molecule has 4 nitrogen and oxygen atoms in total. The number of para-hydroxylation sites is 1. The summed E-state index contributed by atoms with van der Waals surface area (Å²) in [6.07, 6.45) is 0. The van der Waals surface area contributed by atoms with Crippen LogP contribution in [0.1, 0.15) is 0 Å². The first kappa shape index (κ1) is 12.3. The van der Waals surface area contributed by atoms with Gasteiger partial charge in [-0.1, -0.05) is 24.3 Å². The lowest BCUT2D eigenvalue weighted by atomic mass is 10.1. The number of nitrogens with one attached hydrogen (secondary N) is 2. The maximum atomic E-state index is 10.8. The van der Waals surface area contributed by atoms with Crippen molar-refractivity contribution < 1.29 is 9.53 Å². The zero-order chi connectivity index (χ0) is 15.4. The summed E-state index contributed by atoms with van der Waals surface area (Å²) in [6.45, 7) is 0.470. The standard InChI is InChI=1S/C19H12N2O2/c22-10-23-18-7-3-6-15-19(18)13-8-12-11-4-1-2-5-14(11)20-16(12)9-17(13)21-15/h1-10,20-21H. The highest BCUT2D eigenvalue weighted by atomic mass is 16.5. The first-order valence-electron chi connectivity index (χ1n) is 7.40. The molecule has 2 heterocycles. The van der Waals surface area contributed by atoms with E-state index in [9.17, 15) is 4.79 Å². The van der Waals surface area contributed by atoms with Gasteiger partial charge in [-0.15, -0.1) is 0 Å². The molecule has 4 heteroatoms. The van der Waals surface area contributed by atoms with Gasteiger partial charge in [-0.25, -0.2) is 0 Å². The Labute approximate surface area is 130 Å². The van der Waals surface area contributed by atoms with Crippen molar-refractivity contribution in [2.45, 2.75) is 0 Å². The minimum Gasteiger partial charge on any atom is -0.428 e. The highest BCUT2D eigenvalue weighted by molar-refractivity contribution is 6.18. The van der Waals surface area contributed by atoms with Crippen molar-refractivity contribution in [3.63, 3.8) is 0 Å². The summed E-state index contributed by atoms with van der Waals surface area (Å²) >= 11 is 0. The number of fused-ring (bicyclic) bond motifs is 6. The van der Waals surface area contributed by atoms with Crippen molar-refractivity contribution >= 4 is 50.1 Å². The van der Waals surface area contributed by atoms with Gasteiger partial charge in [0.2, 0.25) is 0 Å². The van der Waals surface area contributed by atoms with Crippen LogP contribution in [0.2, 0.25) is 0 Å². The van der Waals surface area contributed by atoms with Crippen LogP contribution in [0.25, 0.3) is 43.6 Å². The molecule has 0 aliphatic heterocycles. The van der Waals surface area contributed by atoms with Crippen LogP contribution in [-0.2, 0) is 4.79 Å². The van der Waals surface area contributed by atoms with Crippen LogP contribution in [0.5, 0.6) is 5.75 Å². The van der Waals surface area contributed by atoms with Gasteiger partial charge in [0.25, 0.3) is 6.47 Å². The quantitative estimate of drug-likeness (QED) is 0.472. The van der Waals surface area contributed by atoms with Gasteiger partial charge in [0.15, 0.2) is 0 Å². The van der Waals surface area contributed by atoms with Gasteiger partial charge < -0.3 is 14.7 Å². The molecule has 23 heavy (non-hydrogen) atoms. The minimum absolute atomic E-state index is 0.470. The molecule has 5 aromatic rings. The van der Waals surface area contributed by atoms with Gasteiger partial charge in [-0.3, -0.25) is 4.79 Å². The van der Waals surface area contributed by atoms with E-state index in [2.05, 4.69) is 34.2 Å². The van der Waals surface area contributed by atoms with E-state index in [0.29, 0.717) is 12.2 Å². The van der Waals surface area contributed by atoms with E-state index in [1.54, 1.807) is 0 Å². The smallest absolute Gasteiger partial charge is 0.298 e. The number of aromatic nitrogens is 2. The molecule has 0 atom stereocenters. The number of aromatic amines is 2. The number of H-pyrrole nitrogens is 2. The normalized spacial score (nSPS) is 11.7. The predicted molar refractivity (Wildman–Crippen MR) is 91.9 cm³/mol. The lowest BCUT2D eigenvalue weighted by Gasteiger charge is -2.00. The zero-order valence-corrected chi connectivity index (χ0v) is 12.1. The van der Waals surface area contributed by atoms with Gasteiger partial charge in [-0.05, 0) is 30.3 Å². The van der Waals surface area contributed by atoms with Crippen LogP contribution in [0, 0.1) is 0 Å². The molecule has 0 unspecified atom stereocenters. The van der Waals surface area contributed by atoms with E-state index in [0.717, 1.165) is 38.2 Å². The second kappa shape index (κ2) is 4.36. The SMILES string of the molecule is O=COc1cccc2[nH]c3cc4[nH]c5ccccc5c4cc3c12. The third-order valence-corrected chi connectivity index (χ3v) is 4.38. The fourth-order valence-corrected chi connectivity index (χ4v) is 3.42. The zero-order valence-electron chi connectivity index (χ0n) is 12.1. The summed E-state index contributed by atoms with van der Waals surface area (Å²) < 4.78 is 5.16. The fourth-order valence-electron chi connectivity index (χ4n) is 3.42. The highest BCUT2D eigenvalue weighted by Crippen LogP contribution is 2.36. The first-order chi connectivity index (χ1) is 11.3. The molecular weight excluding hydrogens is 288 g/mol. The third-order valence-electron chi connectivity index (χ3n) is 4.38. The molecule has 5 rings (SSSR count). The Morgan fingerprint density at radius 3 is 2.43 bits per heavy atom. The lowest BCUT2D eigenvalue weighted by molar-refractivity contribution is -0.120. The second-order valence-corrected chi connectivity index (χ2v) is 5.63. The van der Waals surface area contributed by atoms with Crippen LogP contribution < -0.4 is 4.74 Å². The van der Waals surface area contributed by atoms with Gasteiger partial charge in [-0.2, -0.15) is 0 Å². The summed E-state index contributed by atoms with van der Waals surface area (Å²) in [7, 11) is 0. The summed E-state index contributed by atoms with van der Waals surface area (Å²) in [5, 5.41) is 4.33. The molecule has 110 valence electrons. The molecule has 2 aromatic heterocycles. The van der Waals surface area contributed by atoms with Crippen molar-refractivity contribution in [1.82, 2.24) is 9.97 Å². The van der Waals surface area contributed by atoms with Gasteiger partial charge in [0.05, 0.1) is 10.9 Å². The maximum Gasteiger partial charge on any atom is 0.298 e. The Morgan fingerprint density at radius 2 is 1.52 bits per heavy atom. The number of rotatable bonds is 2. The maximum absolute atomic E-state index is 10.8. The van der Waals surface area contributed by atoms with Crippen molar-refractivity contribution in [2.75, 3.05) is 0 Å². The molecule has 0 aliphatic rings. The monoisotopic (exact) mass is 300 g/mol. The molecule has 0 amide bonds. The number of hydrogen-bond acceptors (Lipinski definition) is 2. The Bertz CT molecular complexity index is 1210. The molecule has 3 aromatic carbocycles. The van der Waals surface area contributed by atoms with Crippen molar-refractivity contribution in [3.8, 4) is 5.75 Å². The molecular formula is C19H12N2O2. The van der Waals surface area contributed by atoms with Gasteiger partial charge >= 0.3 is 0 Å². The topological polar surface area (TPSA) is 57.9 Å². The molecule has 0 spiro atoms. The van der Waals surface area contributed by atoms with Crippen molar-refractivity contribution in [2.24, 2.45) is 0 Å². The Kier molecular flexibility index (Phi) is 2.33. The average molecular weight is 300 g/mol. The van der Waals surface area contributed by atoms with E-state index < -0.39 is 0 Å². The molecule has 0 radical (unpaired) electrons. The van der Waals surface area contributed by atoms with Gasteiger partial charge in [0, 0.05) is 32.7 Å². The van der Waals surface area contributed by atoms with Crippen LogP contribution in [0.15, 0.2) is 54.6 Å². The van der Waals surface area contributed by atoms with E-state index in [-0.39, 0.29) is 0 Å². The number of ether oxygens (including phenoxy) is 1. The summed E-state index contributed by atoms with van der Waals surface area (Å²) in [5.41, 5.74) is 4.17. The first-order valence-corrected chi connectivity index (χ1v) is 7.40. The van der Waals surface area contributed by atoms with E-state index in [1.165, 1.54) is 5.39 Å². The Morgan fingerprint density at radius 1 is 0.739 bits per heavy atom. The van der Waals surface area contributed by atoms with Crippen LogP contribution in [-0.4, -0.2) is 16.4 Å². The van der Waals surface area contributed by atoms with Crippen LogP contribution in [0.4, 0.5) is 0 Å². The summed E-state index contributed by atoms with van der Waals surface area (Å²) in [4.78, 5) is 17.6. The molecule has 0 saturated carbocycles. The Hall–Kier alpha value is -3.27. The van der Waals surface area contributed by atoms with Gasteiger partial charge in [0.1, 0.15) is 5.75 Å². The molecule has 0 bridgehead atoms. The lowest BCUT2D eigenvalue weighted by Crippen LogP contribution is -1.88. The number of benzene rings is 3. The molecule has 2 N–H and O–H groups in total. The van der Waals surface area contributed by atoms with E-state index >= 15 is 0 Å². The molecule has 0 saturated heterocycles. The molecule has 0 aliphatic carbocycles. The summed E-state index contributed by atoms with van der Waals surface area (Å²) in [6, 6.07) is 18.2. The summed E-state index contributed by atoms with van der Waals surface area (Å²) in [5.74, 6) is 0.572. The second-order valence-electron chi connectivity index (χ2n) is 5.63. The largest absolute Gasteiger partial charge is 0.428 e. The minimum atomic E-state index is 0.470.